The molecule has 0 aliphatic heterocycles. The maximum Gasteiger partial charge on any atom is 0.464 e. The maximum absolute atomic E-state index is 14.7. The summed E-state index contributed by atoms with van der Waals surface area (Å²) in [5, 5.41) is 11.0. The molecule has 110 valence electrons. The molecule has 2 atom stereocenters. The third kappa shape index (κ3) is 3.01. The second-order valence-electron chi connectivity index (χ2n) is 4.13. The Morgan fingerprint density at radius 3 is 2.65 bits per heavy atom. The number of carbonyl (C=O) groups is 2. The highest BCUT2D eigenvalue weighted by Crippen LogP contribution is 2.37. The van der Waals surface area contributed by atoms with E-state index in [0.29, 0.717) is 0 Å². The van der Waals surface area contributed by atoms with Crippen molar-refractivity contribution < 1.29 is 28.1 Å². The molecule has 1 rings (SSSR count). The van der Waals surface area contributed by atoms with E-state index in [0.717, 1.165) is 6.92 Å². The molecule has 0 bridgehead atoms. The van der Waals surface area contributed by atoms with Crippen LogP contribution >= 0.6 is 0 Å². The molecule has 0 spiro atoms. The first-order valence-electron chi connectivity index (χ1n) is 5.87. The highest BCUT2D eigenvalue weighted by atomic mass is 19.1. The van der Waals surface area contributed by atoms with Gasteiger partial charge in [-0.05, 0) is 26.0 Å². The number of alkyl halides is 1. The van der Waals surface area contributed by atoms with Gasteiger partial charge in [-0.2, -0.15) is 4.39 Å². The second kappa shape index (κ2) is 6.27. The smallest absolute Gasteiger partial charge is 0.464 e. The zero-order valence-electron chi connectivity index (χ0n) is 11.0. The van der Waals surface area contributed by atoms with Crippen LogP contribution in [0.25, 0.3) is 0 Å². The lowest BCUT2D eigenvalue weighted by Crippen LogP contribution is -2.49. The van der Waals surface area contributed by atoms with Gasteiger partial charge in [0, 0.05) is 6.42 Å². The molecule has 20 heavy (non-hydrogen) atoms. The number of ketones is 1. The number of hydrogen-bond acceptors (Lipinski definition) is 6. The molecule has 0 unspecified atom stereocenters. The van der Waals surface area contributed by atoms with Crippen molar-refractivity contribution in [1.82, 2.24) is 0 Å². The van der Waals surface area contributed by atoms with Crippen LogP contribution in [0, 0.1) is 10.1 Å². The van der Waals surface area contributed by atoms with Crippen molar-refractivity contribution in [3.63, 3.8) is 0 Å². The van der Waals surface area contributed by atoms with Gasteiger partial charge in [0.05, 0.1) is 17.8 Å². The van der Waals surface area contributed by atoms with Gasteiger partial charge in [0.2, 0.25) is 0 Å². The van der Waals surface area contributed by atoms with Crippen molar-refractivity contribution in [3.8, 4) is 0 Å². The van der Waals surface area contributed by atoms with E-state index in [9.17, 15) is 24.1 Å². The summed E-state index contributed by atoms with van der Waals surface area (Å²) in [4.78, 5) is 32.5. The van der Waals surface area contributed by atoms with E-state index in [4.69, 9.17) is 4.42 Å². The van der Waals surface area contributed by atoms with E-state index in [1.54, 1.807) is 0 Å². The second-order valence-corrected chi connectivity index (χ2v) is 4.13. The zero-order valence-corrected chi connectivity index (χ0v) is 11.0. The van der Waals surface area contributed by atoms with E-state index in [2.05, 4.69) is 4.74 Å². The lowest BCUT2D eigenvalue weighted by molar-refractivity contribution is -0.594. The van der Waals surface area contributed by atoms with Gasteiger partial charge in [-0.1, -0.05) is 0 Å². The molecule has 0 saturated carbocycles. The predicted molar refractivity (Wildman–Crippen MR) is 64.2 cm³/mol. The Morgan fingerprint density at radius 1 is 1.60 bits per heavy atom. The highest BCUT2D eigenvalue weighted by Gasteiger charge is 2.62. The van der Waals surface area contributed by atoms with Crippen LogP contribution in [-0.2, 0) is 14.3 Å². The summed E-state index contributed by atoms with van der Waals surface area (Å²) in [6.45, 7) is 2.32. The van der Waals surface area contributed by atoms with Gasteiger partial charge in [0.15, 0.2) is 0 Å². The summed E-state index contributed by atoms with van der Waals surface area (Å²) >= 11 is 0. The molecule has 0 aliphatic carbocycles. The predicted octanol–water partition coefficient (Wildman–Crippen LogP) is 1.85. The molecule has 0 aromatic carbocycles. The molecule has 1 aromatic rings. The number of rotatable bonds is 7. The highest BCUT2D eigenvalue weighted by molar-refractivity contribution is 5.82. The largest absolute Gasteiger partial charge is 0.469 e. The van der Waals surface area contributed by atoms with Gasteiger partial charge in [0.25, 0.3) is 0 Å². The third-order valence-electron chi connectivity index (χ3n) is 2.67. The Labute approximate surface area is 113 Å². The van der Waals surface area contributed by atoms with Crippen LogP contribution in [0.5, 0.6) is 0 Å². The first kappa shape index (κ1) is 15.8. The lowest BCUT2D eigenvalue weighted by Gasteiger charge is -2.22. The summed E-state index contributed by atoms with van der Waals surface area (Å²) in [5.74, 6) is -7.57. The Morgan fingerprint density at radius 2 is 2.25 bits per heavy atom. The number of nitro groups is 1. The van der Waals surface area contributed by atoms with Crippen molar-refractivity contribution in [2.24, 2.45) is 0 Å². The summed E-state index contributed by atoms with van der Waals surface area (Å²) in [6, 6.07) is 2.65. The fourth-order valence-electron chi connectivity index (χ4n) is 1.78. The van der Waals surface area contributed by atoms with E-state index >= 15 is 0 Å². The van der Waals surface area contributed by atoms with Gasteiger partial charge in [-0.3, -0.25) is 14.9 Å². The van der Waals surface area contributed by atoms with Crippen molar-refractivity contribution in [2.75, 3.05) is 6.61 Å². The number of hydrogen-bond donors (Lipinski definition) is 0. The van der Waals surface area contributed by atoms with Crippen molar-refractivity contribution >= 4 is 11.8 Å². The number of esters is 1. The normalized spacial score (nSPS) is 15.2. The van der Waals surface area contributed by atoms with Crippen LogP contribution in [0.4, 0.5) is 4.39 Å². The van der Waals surface area contributed by atoms with Crippen LogP contribution in [-0.4, -0.2) is 29.1 Å². The molecule has 0 saturated heterocycles. The zero-order chi connectivity index (χ0) is 15.3. The average molecular weight is 287 g/mol. The average Bonchev–Trinajstić information content (AvgIpc) is 2.88. The van der Waals surface area contributed by atoms with Gasteiger partial charge >= 0.3 is 11.8 Å². The number of nitrogens with zero attached hydrogens (tertiary/aromatic N) is 1. The first-order valence-corrected chi connectivity index (χ1v) is 5.87. The van der Waals surface area contributed by atoms with Gasteiger partial charge in [-0.15, -0.1) is 0 Å². The molecular formula is C12H14FNO6. The first-order chi connectivity index (χ1) is 9.33. The van der Waals surface area contributed by atoms with Crippen molar-refractivity contribution in [3.05, 3.63) is 34.3 Å². The van der Waals surface area contributed by atoms with Crippen LogP contribution in [0.2, 0.25) is 0 Å². The SMILES string of the molecule is CCOC(=O)[C@](F)([C@H](CC(C)=O)c1ccco1)[N+](=O)[O-]. The molecule has 0 aliphatic rings. The Hall–Kier alpha value is -2.25. The summed E-state index contributed by atoms with van der Waals surface area (Å²) in [6.07, 6.45) is 0.623. The molecule has 1 heterocycles. The standard InChI is InChI=1S/C12H14FNO6/c1-3-19-11(16)12(13,14(17)18)9(7-8(2)15)10-5-4-6-20-10/h4-6,9H,3,7H2,1-2H3/t9-,12+/m1/s1. The molecule has 0 radical (unpaired) electrons. The topological polar surface area (TPSA) is 99.7 Å². The molecule has 7 nitrogen and oxygen atoms in total. The van der Waals surface area contributed by atoms with Crippen LogP contribution in [0.1, 0.15) is 31.9 Å². The molecule has 1 aromatic heterocycles. The minimum atomic E-state index is -3.57. The molecular weight excluding hydrogens is 273 g/mol. The van der Waals surface area contributed by atoms with Crippen molar-refractivity contribution in [2.45, 2.75) is 32.0 Å². The third-order valence-corrected chi connectivity index (χ3v) is 2.67. The number of carbonyl (C=O) groups excluding carboxylic acids is 2. The summed E-state index contributed by atoms with van der Waals surface area (Å²) in [5.41, 5.74) is 0. The minimum absolute atomic E-state index is 0.160. The summed E-state index contributed by atoms with van der Waals surface area (Å²) < 4.78 is 24.0. The lowest BCUT2D eigenvalue weighted by atomic mass is 9.90. The van der Waals surface area contributed by atoms with E-state index in [1.807, 2.05) is 0 Å². The fraction of sp³-hybridized carbons (Fsp3) is 0.500. The molecule has 0 amide bonds. The molecule has 0 fully saturated rings. The van der Waals surface area contributed by atoms with E-state index in [1.165, 1.54) is 25.3 Å². The molecule has 8 heteroatoms. The van der Waals surface area contributed by atoms with Gasteiger partial charge in [0.1, 0.15) is 17.5 Å². The monoisotopic (exact) mass is 287 g/mol. The van der Waals surface area contributed by atoms with Crippen LogP contribution in [0.15, 0.2) is 22.8 Å². The Balaban J connectivity index is 3.28. The van der Waals surface area contributed by atoms with Crippen LogP contribution < -0.4 is 0 Å². The number of ether oxygens (including phenoxy) is 1. The van der Waals surface area contributed by atoms with Crippen LogP contribution in [0.3, 0.4) is 0 Å². The number of halogens is 1. The number of Topliss-reactive ketones (excluding diaryl/α,β-unsaturated/α-hetero) is 1. The minimum Gasteiger partial charge on any atom is -0.469 e. The van der Waals surface area contributed by atoms with Crippen molar-refractivity contribution in [1.29, 1.82) is 0 Å². The van der Waals surface area contributed by atoms with E-state index in [-0.39, 0.29) is 12.4 Å². The Bertz CT molecular complexity index is 500. The van der Waals surface area contributed by atoms with Gasteiger partial charge in [-0.25, -0.2) is 4.79 Å². The summed E-state index contributed by atoms with van der Waals surface area (Å²) in [7, 11) is 0. The number of furan rings is 1. The fourth-order valence-corrected chi connectivity index (χ4v) is 1.78. The maximum atomic E-state index is 14.7. The van der Waals surface area contributed by atoms with Gasteiger partial charge < -0.3 is 9.15 Å². The molecule has 0 N–H and O–H groups in total. The quantitative estimate of drug-likeness (QED) is 0.328. The van der Waals surface area contributed by atoms with E-state index < -0.39 is 34.8 Å². The Kier molecular flexibility index (Phi) is 4.95.